The maximum Gasteiger partial charge on any atom is 0.407 e. The van der Waals surface area contributed by atoms with Crippen LogP contribution in [0.15, 0.2) is 65.8 Å². The zero-order chi connectivity index (χ0) is 34.7. The van der Waals surface area contributed by atoms with E-state index >= 15 is 0 Å². The first kappa shape index (κ1) is 40.4. The summed E-state index contributed by atoms with van der Waals surface area (Å²) in [5, 5.41) is 19.1. The number of aliphatic hydroxyl groups is 1. The number of ether oxygens (including phenoxy) is 4. The van der Waals surface area contributed by atoms with Gasteiger partial charge in [0.15, 0.2) is 0 Å². The van der Waals surface area contributed by atoms with Crippen LogP contribution in [0.25, 0.3) is 10.4 Å². The van der Waals surface area contributed by atoms with Crippen molar-refractivity contribution < 1.29 is 43.2 Å². The third-order valence-electron chi connectivity index (χ3n) is 8.10. The Labute approximate surface area is 287 Å². The van der Waals surface area contributed by atoms with E-state index in [0.29, 0.717) is 51.7 Å². The summed E-state index contributed by atoms with van der Waals surface area (Å²) in [5.41, 5.74) is 10.5. The van der Waals surface area contributed by atoms with Gasteiger partial charge in [0, 0.05) is 11.0 Å². The van der Waals surface area contributed by atoms with Gasteiger partial charge in [-0.1, -0.05) is 73.2 Å². The van der Waals surface area contributed by atoms with Crippen LogP contribution in [-0.4, -0.2) is 66.7 Å². The van der Waals surface area contributed by atoms with Gasteiger partial charge in [-0.2, -0.15) is 0 Å². The Morgan fingerprint density at radius 2 is 1.18 bits per heavy atom. The second-order valence-corrected chi connectivity index (χ2v) is 11.5. The third kappa shape index (κ3) is 14.1. The fourth-order valence-corrected chi connectivity index (χ4v) is 5.60. The van der Waals surface area contributed by atoms with Gasteiger partial charge in [-0.25, -0.2) is 9.59 Å². The van der Waals surface area contributed by atoms with Gasteiger partial charge in [0.2, 0.25) is 0 Å². The zero-order valence-electron chi connectivity index (χ0n) is 27.4. The Bertz CT molecular complexity index is 1360. The smallest absolute Gasteiger partial charge is 0.407 e. The molecule has 0 spiro atoms. The molecule has 0 aromatic heterocycles. The molecule has 2 aliphatic carbocycles. The summed E-state index contributed by atoms with van der Waals surface area (Å²) in [7, 11) is 0. The summed E-state index contributed by atoms with van der Waals surface area (Å²) in [4.78, 5) is 50.5. The molecule has 0 saturated heterocycles. The number of benzene rings is 2. The number of nitrogens with one attached hydrogen (secondary N) is 2. The minimum absolute atomic E-state index is 0. The van der Waals surface area contributed by atoms with E-state index in [9.17, 15) is 24.3 Å². The van der Waals surface area contributed by atoms with Gasteiger partial charge in [-0.05, 0) is 69.0 Å². The molecule has 14 nitrogen and oxygen atoms in total. The van der Waals surface area contributed by atoms with E-state index in [1.807, 2.05) is 60.7 Å². The van der Waals surface area contributed by atoms with Gasteiger partial charge in [0.1, 0.15) is 13.2 Å². The topological polar surface area (TPSA) is 198 Å². The second-order valence-electron chi connectivity index (χ2n) is 11.5. The maximum absolute atomic E-state index is 12.1. The lowest BCUT2D eigenvalue weighted by atomic mass is 9.82. The molecule has 0 radical (unpaired) electrons. The Kier molecular flexibility index (Phi) is 18.1. The van der Waals surface area contributed by atoms with Crippen molar-refractivity contribution in [2.75, 3.05) is 13.2 Å². The molecular weight excluding hydrogens is 634 g/mol. The number of amides is 2. The van der Waals surface area contributed by atoms with E-state index < -0.39 is 36.4 Å². The molecular formula is C35H49N5O9. The van der Waals surface area contributed by atoms with Crippen LogP contribution in [0, 0.1) is 11.8 Å². The zero-order valence-corrected chi connectivity index (χ0v) is 27.4. The van der Waals surface area contributed by atoms with Crippen molar-refractivity contribution in [2.24, 2.45) is 17.0 Å². The number of hydrogen-bond acceptors (Lipinski definition) is 10. The molecule has 0 unspecified atom stereocenters. The van der Waals surface area contributed by atoms with Crippen molar-refractivity contribution in [3.63, 3.8) is 0 Å². The minimum atomic E-state index is -0.676. The highest BCUT2D eigenvalue weighted by Crippen LogP contribution is 2.28. The lowest BCUT2D eigenvalue weighted by molar-refractivity contribution is -0.150. The molecule has 2 amide bonds. The van der Waals surface area contributed by atoms with Gasteiger partial charge in [-0.3, -0.25) is 9.59 Å². The Hall–Kier alpha value is -4.81. The van der Waals surface area contributed by atoms with Crippen molar-refractivity contribution in [2.45, 2.75) is 97.2 Å². The monoisotopic (exact) mass is 683 g/mol. The number of esters is 2. The van der Waals surface area contributed by atoms with Crippen molar-refractivity contribution in [1.82, 2.24) is 10.6 Å². The number of aliphatic hydroxyl groups excluding tert-OH is 1. The van der Waals surface area contributed by atoms with Crippen LogP contribution >= 0.6 is 0 Å². The van der Waals surface area contributed by atoms with Crippen molar-refractivity contribution in [3.05, 3.63) is 82.2 Å². The number of carbonyl (C=O) groups excluding carboxylic acids is 4. The molecule has 4 rings (SSSR count). The molecule has 49 heavy (non-hydrogen) atoms. The van der Waals surface area contributed by atoms with Gasteiger partial charge >= 0.3 is 24.1 Å². The normalized spacial score (nSPS) is 22.6. The average molecular weight is 684 g/mol. The van der Waals surface area contributed by atoms with Crippen molar-refractivity contribution >= 4 is 24.1 Å². The Morgan fingerprint density at radius 1 is 0.735 bits per heavy atom. The highest BCUT2D eigenvalue weighted by atomic mass is 16.6. The van der Waals surface area contributed by atoms with E-state index in [-0.39, 0.29) is 44.4 Å². The lowest BCUT2D eigenvalue weighted by Gasteiger charge is -2.32. The molecule has 2 aliphatic rings. The number of carbonyl (C=O) groups is 4. The maximum atomic E-state index is 12.1. The predicted molar refractivity (Wildman–Crippen MR) is 181 cm³/mol. The fourth-order valence-electron chi connectivity index (χ4n) is 5.60. The van der Waals surface area contributed by atoms with Gasteiger partial charge in [0.05, 0.1) is 43.2 Å². The van der Waals surface area contributed by atoms with Crippen LogP contribution in [0.1, 0.15) is 70.9 Å². The molecule has 2 saturated carbocycles. The van der Waals surface area contributed by atoms with E-state index in [1.165, 1.54) is 0 Å². The van der Waals surface area contributed by atoms with E-state index in [2.05, 4.69) is 20.7 Å². The third-order valence-corrected chi connectivity index (χ3v) is 8.10. The van der Waals surface area contributed by atoms with Crippen LogP contribution in [0.2, 0.25) is 0 Å². The van der Waals surface area contributed by atoms with Crippen LogP contribution in [0.5, 0.6) is 0 Å². The SMILES string of the molecule is C.CCOC(=O)[C@H]1CC[C@@H](O)[C@H](NC(=O)OCc2ccccc2)C1.CCOC(=O)[C@H]1CC[C@H](N=[N+]=[N-])[C@H](NC(=O)OCc2ccccc2)C1. The quantitative estimate of drug-likeness (QED) is 0.0840. The van der Waals surface area contributed by atoms with Crippen molar-refractivity contribution in [1.29, 1.82) is 0 Å². The second kappa shape index (κ2) is 21.9. The van der Waals surface area contributed by atoms with Gasteiger partial charge in [0.25, 0.3) is 0 Å². The number of nitrogens with zero attached hydrogens (tertiary/aromatic N) is 3. The van der Waals surface area contributed by atoms with Crippen molar-refractivity contribution in [3.8, 4) is 0 Å². The Balaban J connectivity index is 0.000000334. The summed E-state index contributed by atoms with van der Waals surface area (Å²) >= 11 is 0. The van der Waals surface area contributed by atoms with Gasteiger partial charge in [-0.15, -0.1) is 0 Å². The lowest BCUT2D eigenvalue weighted by Crippen LogP contribution is -2.48. The predicted octanol–water partition coefficient (Wildman–Crippen LogP) is 5.97. The minimum Gasteiger partial charge on any atom is -0.466 e. The first-order valence-corrected chi connectivity index (χ1v) is 16.2. The first-order chi connectivity index (χ1) is 23.2. The number of azide groups is 1. The number of hydrogen-bond donors (Lipinski definition) is 3. The van der Waals surface area contributed by atoms with E-state index in [4.69, 9.17) is 24.5 Å². The molecule has 0 bridgehead atoms. The van der Waals surface area contributed by atoms with Crippen LogP contribution in [0.3, 0.4) is 0 Å². The molecule has 2 aromatic carbocycles. The number of alkyl carbamates (subject to hydrolysis) is 2. The highest BCUT2D eigenvalue weighted by molar-refractivity contribution is 5.74. The van der Waals surface area contributed by atoms with E-state index in [1.54, 1.807) is 13.8 Å². The molecule has 3 N–H and O–H groups in total. The summed E-state index contributed by atoms with van der Waals surface area (Å²) in [5.74, 6) is -1.17. The van der Waals surface area contributed by atoms with Crippen LogP contribution in [0.4, 0.5) is 9.59 Å². The molecule has 0 aliphatic heterocycles. The molecule has 14 heteroatoms. The van der Waals surface area contributed by atoms with E-state index in [0.717, 1.165) is 11.1 Å². The summed E-state index contributed by atoms with van der Waals surface area (Å²) in [6, 6.07) is 17.3. The highest BCUT2D eigenvalue weighted by Gasteiger charge is 2.36. The number of rotatable bonds is 11. The Morgan fingerprint density at radius 3 is 1.65 bits per heavy atom. The summed E-state index contributed by atoms with van der Waals surface area (Å²) in [6.07, 6.45) is 0.953. The van der Waals surface area contributed by atoms with Crippen LogP contribution in [-0.2, 0) is 41.8 Å². The molecule has 268 valence electrons. The standard InChI is InChI=1S/C17H22N4O4.C17H23NO5.CH4/c1-2-24-16(22)13-8-9-14(20-21-18)15(10-13)19-17(23)25-11-12-6-4-3-5-7-12;1-2-22-16(20)13-8-9-15(19)14(10-13)18-17(21)23-11-12-6-4-3-5-7-12;/h3-7,13-15H,2,8-11H2,1H3,(H,19,23);3-7,13-15,19H,2,8-11H2,1H3,(H,18,21);1H4/t13-,14-,15+;13-,14+,15+;/m00./s1. The fraction of sp³-hybridized carbons (Fsp3) is 0.543. The average Bonchev–Trinajstić information content (AvgIpc) is 3.09. The molecule has 6 atom stereocenters. The molecule has 2 aromatic rings. The van der Waals surface area contributed by atoms with Gasteiger partial charge < -0.3 is 34.7 Å². The molecule has 2 fully saturated rings. The molecule has 0 heterocycles. The first-order valence-electron chi connectivity index (χ1n) is 16.2. The largest absolute Gasteiger partial charge is 0.466 e. The van der Waals surface area contributed by atoms with Crippen LogP contribution < -0.4 is 10.6 Å². The summed E-state index contributed by atoms with van der Waals surface area (Å²) in [6.45, 7) is 4.46. The summed E-state index contributed by atoms with van der Waals surface area (Å²) < 4.78 is 20.4.